The Bertz CT molecular complexity index is 413. The number of hydrogen-bond acceptors (Lipinski definition) is 1. The second-order valence-electron chi connectivity index (χ2n) is 4.40. The number of nitrogens with zero attached hydrogens (tertiary/aromatic N) is 1. The molecule has 0 fully saturated rings. The van der Waals surface area contributed by atoms with Crippen LogP contribution in [0.2, 0.25) is 0 Å². The predicted molar refractivity (Wildman–Crippen MR) is 77.4 cm³/mol. The molecule has 1 aromatic carbocycles. The quantitative estimate of drug-likeness (QED) is 0.725. The van der Waals surface area contributed by atoms with Crippen LogP contribution in [0.15, 0.2) is 30.3 Å². The van der Waals surface area contributed by atoms with Gasteiger partial charge in [0.2, 0.25) is 5.91 Å². The summed E-state index contributed by atoms with van der Waals surface area (Å²) in [5, 5.41) is 0. The molecular formula is C16H23NO. The maximum absolute atomic E-state index is 12.1. The lowest BCUT2D eigenvalue weighted by Gasteiger charge is -2.17. The van der Waals surface area contributed by atoms with Gasteiger partial charge in [-0.15, -0.1) is 0 Å². The van der Waals surface area contributed by atoms with Gasteiger partial charge >= 0.3 is 0 Å². The third-order valence-corrected chi connectivity index (χ3v) is 3.18. The molecule has 98 valence electrons. The number of rotatable bonds is 5. The summed E-state index contributed by atoms with van der Waals surface area (Å²) in [6.45, 7) is 9.69. The van der Waals surface area contributed by atoms with Crippen molar-refractivity contribution in [2.75, 3.05) is 13.1 Å². The number of hydrogen-bond donors (Lipinski definition) is 0. The first kappa shape index (κ1) is 14.5. The van der Waals surface area contributed by atoms with Crippen LogP contribution in [0, 0.1) is 6.92 Å². The molecule has 0 aliphatic carbocycles. The van der Waals surface area contributed by atoms with E-state index in [1.54, 1.807) is 6.08 Å². The lowest BCUT2D eigenvalue weighted by Crippen LogP contribution is -2.28. The Morgan fingerprint density at radius 2 is 1.67 bits per heavy atom. The van der Waals surface area contributed by atoms with Crippen LogP contribution in [0.4, 0.5) is 0 Å². The van der Waals surface area contributed by atoms with Crippen molar-refractivity contribution in [3.05, 3.63) is 41.5 Å². The van der Waals surface area contributed by atoms with Crippen LogP contribution >= 0.6 is 0 Å². The highest BCUT2D eigenvalue weighted by molar-refractivity contribution is 5.95. The molecule has 0 N–H and O–H groups in total. The third-order valence-electron chi connectivity index (χ3n) is 3.18. The summed E-state index contributed by atoms with van der Waals surface area (Å²) in [5.74, 6) is 0.109. The minimum absolute atomic E-state index is 0.109. The maximum atomic E-state index is 12.1. The van der Waals surface area contributed by atoms with Gasteiger partial charge in [0.05, 0.1) is 0 Å². The zero-order chi connectivity index (χ0) is 13.5. The van der Waals surface area contributed by atoms with Gasteiger partial charge in [0.25, 0.3) is 0 Å². The third kappa shape index (κ3) is 3.73. The number of carbonyl (C=O) groups is 1. The van der Waals surface area contributed by atoms with Crippen LogP contribution in [-0.2, 0) is 4.79 Å². The van der Waals surface area contributed by atoms with E-state index in [1.165, 1.54) is 5.56 Å². The summed E-state index contributed by atoms with van der Waals surface area (Å²) >= 11 is 0. The fourth-order valence-electron chi connectivity index (χ4n) is 1.93. The number of amides is 1. The van der Waals surface area contributed by atoms with E-state index in [2.05, 4.69) is 38.1 Å². The smallest absolute Gasteiger partial charge is 0.246 e. The Labute approximate surface area is 110 Å². The molecule has 0 saturated heterocycles. The Kier molecular flexibility index (Phi) is 5.63. The second kappa shape index (κ2) is 7.00. The first-order valence-electron chi connectivity index (χ1n) is 6.68. The van der Waals surface area contributed by atoms with Crippen molar-refractivity contribution in [3.8, 4) is 0 Å². The minimum Gasteiger partial charge on any atom is -0.340 e. The maximum Gasteiger partial charge on any atom is 0.246 e. The molecule has 0 radical (unpaired) electrons. The van der Waals surface area contributed by atoms with Crippen LogP contribution < -0.4 is 0 Å². The minimum atomic E-state index is 0.109. The van der Waals surface area contributed by atoms with Crippen molar-refractivity contribution in [3.63, 3.8) is 0 Å². The molecular weight excluding hydrogens is 222 g/mol. The average Bonchev–Trinajstić information content (AvgIpc) is 2.38. The van der Waals surface area contributed by atoms with E-state index in [4.69, 9.17) is 0 Å². The fraction of sp³-hybridized carbons (Fsp3) is 0.438. The van der Waals surface area contributed by atoms with E-state index in [0.717, 1.165) is 30.6 Å². The van der Waals surface area contributed by atoms with Gasteiger partial charge in [-0.2, -0.15) is 0 Å². The number of allylic oxidation sites excluding steroid dienone is 1. The van der Waals surface area contributed by atoms with Crippen LogP contribution in [0.25, 0.3) is 5.57 Å². The van der Waals surface area contributed by atoms with Gasteiger partial charge in [-0.05, 0) is 38.3 Å². The zero-order valence-electron chi connectivity index (χ0n) is 11.9. The first-order chi connectivity index (χ1) is 8.62. The zero-order valence-corrected chi connectivity index (χ0v) is 11.9. The average molecular weight is 245 g/mol. The Morgan fingerprint density at radius 1 is 1.11 bits per heavy atom. The molecule has 2 nitrogen and oxygen atoms in total. The SMILES string of the molecule is CC/C(=C\C(=O)N(CC)CC)c1ccc(C)cc1. The van der Waals surface area contributed by atoms with Gasteiger partial charge in [0, 0.05) is 19.2 Å². The highest BCUT2D eigenvalue weighted by atomic mass is 16.2. The Morgan fingerprint density at radius 3 is 2.11 bits per heavy atom. The van der Waals surface area contributed by atoms with Crippen molar-refractivity contribution < 1.29 is 4.79 Å². The first-order valence-corrected chi connectivity index (χ1v) is 6.68. The molecule has 0 aromatic heterocycles. The normalized spacial score (nSPS) is 11.4. The molecule has 1 aromatic rings. The molecule has 0 atom stereocenters. The number of carbonyl (C=O) groups excluding carboxylic acids is 1. The molecule has 0 bridgehead atoms. The van der Waals surface area contributed by atoms with Crippen molar-refractivity contribution in [1.82, 2.24) is 4.90 Å². The lowest BCUT2D eigenvalue weighted by atomic mass is 10.0. The summed E-state index contributed by atoms with van der Waals surface area (Å²) in [6, 6.07) is 8.34. The fourth-order valence-corrected chi connectivity index (χ4v) is 1.93. The van der Waals surface area contributed by atoms with Crippen LogP contribution in [0.5, 0.6) is 0 Å². The van der Waals surface area contributed by atoms with Crippen LogP contribution in [0.3, 0.4) is 0 Å². The molecule has 0 unspecified atom stereocenters. The van der Waals surface area contributed by atoms with Gasteiger partial charge in [0.15, 0.2) is 0 Å². The largest absolute Gasteiger partial charge is 0.340 e. The Balaban J connectivity index is 2.95. The van der Waals surface area contributed by atoms with E-state index in [-0.39, 0.29) is 5.91 Å². The molecule has 18 heavy (non-hydrogen) atoms. The van der Waals surface area contributed by atoms with Crippen molar-refractivity contribution in [2.45, 2.75) is 34.1 Å². The highest BCUT2D eigenvalue weighted by Gasteiger charge is 2.08. The van der Waals surface area contributed by atoms with E-state index < -0.39 is 0 Å². The van der Waals surface area contributed by atoms with Crippen molar-refractivity contribution >= 4 is 11.5 Å². The summed E-state index contributed by atoms with van der Waals surface area (Å²) < 4.78 is 0. The van der Waals surface area contributed by atoms with Gasteiger partial charge < -0.3 is 4.90 Å². The molecule has 2 heteroatoms. The van der Waals surface area contributed by atoms with Crippen molar-refractivity contribution in [2.24, 2.45) is 0 Å². The van der Waals surface area contributed by atoms with E-state index in [0.29, 0.717) is 0 Å². The topological polar surface area (TPSA) is 20.3 Å². The molecule has 0 aliphatic rings. The number of aryl methyl sites for hydroxylation is 1. The molecule has 0 heterocycles. The van der Waals surface area contributed by atoms with Crippen LogP contribution in [-0.4, -0.2) is 23.9 Å². The van der Waals surface area contributed by atoms with Crippen LogP contribution in [0.1, 0.15) is 38.3 Å². The summed E-state index contributed by atoms with van der Waals surface area (Å²) in [4.78, 5) is 13.9. The highest BCUT2D eigenvalue weighted by Crippen LogP contribution is 2.18. The predicted octanol–water partition coefficient (Wildman–Crippen LogP) is 3.66. The lowest BCUT2D eigenvalue weighted by molar-refractivity contribution is -0.125. The monoisotopic (exact) mass is 245 g/mol. The second-order valence-corrected chi connectivity index (χ2v) is 4.40. The van der Waals surface area contributed by atoms with E-state index in [9.17, 15) is 4.79 Å². The van der Waals surface area contributed by atoms with Gasteiger partial charge in [-0.1, -0.05) is 36.8 Å². The molecule has 0 saturated carbocycles. The summed E-state index contributed by atoms with van der Waals surface area (Å²) in [5.41, 5.74) is 3.49. The van der Waals surface area contributed by atoms with Gasteiger partial charge in [0.1, 0.15) is 0 Å². The van der Waals surface area contributed by atoms with E-state index >= 15 is 0 Å². The standard InChI is InChI=1S/C16H23NO/c1-5-14(12-16(18)17(6-2)7-3)15-10-8-13(4)9-11-15/h8-12H,5-7H2,1-4H3/b14-12+. The van der Waals surface area contributed by atoms with Gasteiger partial charge in [-0.25, -0.2) is 0 Å². The number of benzene rings is 1. The Hall–Kier alpha value is -1.57. The number of likely N-dealkylation sites (N-methyl/N-ethyl adjacent to an activating group) is 1. The molecule has 1 rings (SSSR count). The molecule has 1 amide bonds. The summed E-state index contributed by atoms with van der Waals surface area (Å²) in [7, 11) is 0. The molecule has 0 aliphatic heterocycles. The summed E-state index contributed by atoms with van der Waals surface area (Å²) in [6.07, 6.45) is 2.65. The van der Waals surface area contributed by atoms with Gasteiger partial charge in [-0.3, -0.25) is 4.79 Å². The molecule has 0 spiro atoms. The van der Waals surface area contributed by atoms with Crippen molar-refractivity contribution in [1.29, 1.82) is 0 Å². The van der Waals surface area contributed by atoms with E-state index in [1.807, 2.05) is 18.7 Å².